The third-order valence-corrected chi connectivity index (χ3v) is 3.33. The Bertz CT molecular complexity index is 540. The highest BCUT2D eigenvalue weighted by Crippen LogP contribution is 2.12. The Balaban J connectivity index is 2.55. The van der Waals surface area contributed by atoms with E-state index in [-0.39, 0.29) is 17.6 Å². The Morgan fingerprint density at radius 2 is 1.95 bits per heavy atom. The summed E-state index contributed by atoms with van der Waals surface area (Å²) < 4.78 is 26.9. The van der Waals surface area contributed by atoms with Crippen LogP contribution in [-0.2, 0) is 25.3 Å². The summed E-state index contributed by atoms with van der Waals surface area (Å²) in [5.74, 6) is -0.179. The zero-order valence-electron chi connectivity index (χ0n) is 11.6. The van der Waals surface area contributed by atoms with Crippen LogP contribution in [0.5, 0.6) is 0 Å². The Labute approximate surface area is 119 Å². The standard InChI is InChI=1S/C13H20N2O4S/c1-10(8-19-2)7-13(16)15-12-5-3-11(4-6-12)9-20(14,17)18/h3-6,10H,7-9H2,1-2H3,(H,15,16)(H2,14,17,18). The van der Waals surface area contributed by atoms with Gasteiger partial charge in [-0.15, -0.1) is 0 Å². The van der Waals surface area contributed by atoms with Crippen molar-refractivity contribution >= 4 is 21.6 Å². The molecule has 20 heavy (non-hydrogen) atoms. The predicted molar refractivity (Wildman–Crippen MR) is 77.5 cm³/mol. The summed E-state index contributed by atoms with van der Waals surface area (Å²) in [5, 5.41) is 7.71. The maximum Gasteiger partial charge on any atom is 0.224 e. The number of hydrogen-bond acceptors (Lipinski definition) is 4. The Hall–Kier alpha value is -1.44. The number of hydrogen-bond donors (Lipinski definition) is 2. The summed E-state index contributed by atoms with van der Waals surface area (Å²) in [5.41, 5.74) is 1.20. The van der Waals surface area contributed by atoms with E-state index in [0.717, 1.165) is 0 Å². The van der Waals surface area contributed by atoms with Crippen molar-refractivity contribution in [1.82, 2.24) is 0 Å². The van der Waals surface area contributed by atoms with Gasteiger partial charge in [0.2, 0.25) is 15.9 Å². The number of rotatable bonds is 7. The summed E-state index contributed by atoms with van der Waals surface area (Å²) >= 11 is 0. The minimum atomic E-state index is -3.54. The van der Waals surface area contributed by atoms with Gasteiger partial charge in [-0.1, -0.05) is 19.1 Å². The molecule has 1 amide bonds. The van der Waals surface area contributed by atoms with Crippen LogP contribution in [0.15, 0.2) is 24.3 Å². The van der Waals surface area contributed by atoms with E-state index in [1.165, 1.54) is 0 Å². The molecule has 1 atom stereocenters. The van der Waals surface area contributed by atoms with E-state index >= 15 is 0 Å². The van der Waals surface area contributed by atoms with Gasteiger partial charge in [0.1, 0.15) is 0 Å². The van der Waals surface area contributed by atoms with Crippen LogP contribution in [-0.4, -0.2) is 28.0 Å². The molecular formula is C13H20N2O4S. The average molecular weight is 300 g/mol. The number of carbonyl (C=O) groups is 1. The lowest BCUT2D eigenvalue weighted by Crippen LogP contribution is -2.17. The van der Waals surface area contributed by atoms with Crippen molar-refractivity contribution in [3.05, 3.63) is 29.8 Å². The zero-order valence-corrected chi connectivity index (χ0v) is 12.4. The highest BCUT2D eigenvalue weighted by molar-refractivity contribution is 7.88. The van der Waals surface area contributed by atoms with Crippen molar-refractivity contribution in [2.45, 2.75) is 19.1 Å². The van der Waals surface area contributed by atoms with Crippen LogP contribution in [0.2, 0.25) is 0 Å². The van der Waals surface area contributed by atoms with Gasteiger partial charge in [0.25, 0.3) is 0 Å². The quantitative estimate of drug-likeness (QED) is 0.787. The maximum atomic E-state index is 11.7. The summed E-state index contributed by atoms with van der Waals surface area (Å²) in [6.07, 6.45) is 0.368. The van der Waals surface area contributed by atoms with E-state index in [0.29, 0.717) is 24.3 Å². The Morgan fingerprint density at radius 1 is 1.35 bits per heavy atom. The van der Waals surface area contributed by atoms with Gasteiger partial charge in [0, 0.05) is 25.8 Å². The molecule has 1 rings (SSSR count). The fourth-order valence-corrected chi connectivity index (χ4v) is 2.45. The first-order valence-corrected chi connectivity index (χ1v) is 7.90. The van der Waals surface area contributed by atoms with Crippen molar-refractivity contribution in [3.8, 4) is 0 Å². The molecule has 0 saturated carbocycles. The number of benzene rings is 1. The van der Waals surface area contributed by atoms with Gasteiger partial charge >= 0.3 is 0 Å². The van der Waals surface area contributed by atoms with E-state index in [1.807, 2.05) is 6.92 Å². The zero-order chi connectivity index (χ0) is 15.2. The molecule has 3 N–H and O–H groups in total. The molecule has 1 aromatic rings. The highest BCUT2D eigenvalue weighted by atomic mass is 32.2. The smallest absolute Gasteiger partial charge is 0.224 e. The SMILES string of the molecule is COCC(C)CC(=O)Nc1ccc(CS(N)(=O)=O)cc1. The molecule has 0 radical (unpaired) electrons. The minimum Gasteiger partial charge on any atom is -0.384 e. The van der Waals surface area contributed by atoms with Gasteiger partial charge < -0.3 is 10.1 Å². The number of carbonyl (C=O) groups excluding carboxylic acids is 1. The van der Waals surface area contributed by atoms with E-state index in [4.69, 9.17) is 9.88 Å². The highest BCUT2D eigenvalue weighted by Gasteiger charge is 2.09. The summed E-state index contributed by atoms with van der Waals surface area (Å²) in [6.45, 7) is 2.46. The molecule has 0 aliphatic carbocycles. The molecule has 0 aromatic heterocycles. The maximum absolute atomic E-state index is 11.7. The number of primary sulfonamides is 1. The first-order valence-electron chi connectivity index (χ1n) is 6.18. The van der Waals surface area contributed by atoms with E-state index in [2.05, 4.69) is 5.32 Å². The van der Waals surface area contributed by atoms with Gasteiger partial charge in [-0.25, -0.2) is 13.6 Å². The van der Waals surface area contributed by atoms with Crippen molar-refractivity contribution in [3.63, 3.8) is 0 Å². The number of nitrogens with two attached hydrogens (primary N) is 1. The van der Waals surface area contributed by atoms with Crippen LogP contribution in [0, 0.1) is 5.92 Å². The van der Waals surface area contributed by atoms with E-state index in [1.54, 1.807) is 31.4 Å². The number of sulfonamides is 1. The molecule has 0 aliphatic rings. The number of ether oxygens (including phenoxy) is 1. The largest absolute Gasteiger partial charge is 0.384 e. The number of anilines is 1. The molecule has 0 bridgehead atoms. The monoisotopic (exact) mass is 300 g/mol. The lowest BCUT2D eigenvalue weighted by molar-refractivity contribution is -0.117. The van der Waals surface area contributed by atoms with Crippen LogP contribution in [0.1, 0.15) is 18.9 Å². The Kier molecular flexibility index (Phi) is 6.12. The second-order valence-electron chi connectivity index (χ2n) is 4.82. The fraction of sp³-hybridized carbons (Fsp3) is 0.462. The van der Waals surface area contributed by atoms with E-state index < -0.39 is 10.0 Å². The fourth-order valence-electron chi connectivity index (χ4n) is 1.79. The first kappa shape index (κ1) is 16.6. The lowest BCUT2D eigenvalue weighted by Gasteiger charge is -2.10. The van der Waals surface area contributed by atoms with Crippen LogP contribution < -0.4 is 10.5 Å². The van der Waals surface area contributed by atoms with E-state index in [9.17, 15) is 13.2 Å². The molecule has 0 fully saturated rings. The minimum absolute atomic E-state index is 0.103. The average Bonchev–Trinajstić information content (AvgIpc) is 2.30. The topological polar surface area (TPSA) is 98.5 Å². The third-order valence-electron chi connectivity index (χ3n) is 2.59. The molecule has 112 valence electrons. The molecule has 0 heterocycles. The molecule has 7 heteroatoms. The van der Waals surface area contributed by atoms with Gasteiger partial charge in [0.15, 0.2) is 0 Å². The predicted octanol–water partition coefficient (Wildman–Crippen LogP) is 1.09. The molecule has 1 unspecified atom stereocenters. The number of amides is 1. The van der Waals surface area contributed by atoms with Crippen molar-refractivity contribution in [2.75, 3.05) is 19.0 Å². The number of nitrogens with one attached hydrogen (secondary N) is 1. The third kappa shape index (κ3) is 6.65. The summed E-state index contributed by atoms with van der Waals surface area (Å²) in [7, 11) is -1.94. The Morgan fingerprint density at radius 3 is 2.45 bits per heavy atom. The molecular weight excluding hydrogens is 280 g/mol. The van der Waals surface area contributed by atoms with Crippen molar-refractivity contribution in [2.24, 2.45) is 11.1 Å². The van der Waals surface area contributed by atoms with Gasteiger partial charge in [-0.05, 0) is 23.6 Å². The van der Waals surface area contributed by atoms with Gasteiger partial charge in [0.05, 0.1) is 5.75 Å². The molecule has 0 spiro atoms. The molecule has 6 nitrogen and oxygen atoms in total. The van der Waals surface area contributed by atoms with Gasteiger partial charge in [-0.3, -0.25) is 4.79 Å². The second-order valence-corrected chi connectivity index (χ2v) is 6.43. The molecule has 0 aliphatic heterocycles. The number of methoxy groups -OCH3 is 1. The van der Waals surface area contributed by atoms with Crippen LogP contribution in [0.4, 0.5) is 5.69 Å². The summed E-state index contributed by atoms with van der Waals surface area (Å²) in [6, 6.07) is 6.55. The van der Waals surface area contributed by atoms with Gasteiger partial charge in [-0.2, -0.15) is 0 Å². The van der Waals surface area contributed by atoms with Crippen LogP contribution in [0.25, 0.3) is 0 Å². The van der Waals surface area contributed by atoms with Crippen LogP contribution >= 0.6 is 0 Å². The molecule has 1 aromatic carbocycles. The lowest BCUT2D eigenvalue weighted by atomic mass is 10.1. The van der Waals surface area contributed by atoms with Crippen molar-refractivity contribution < 1.29 is 17.9 Å². The van der Waals surface area contributed by atoms with Crippen LogP contribution in [0.3, 0.4) is 0 Å². The normalized spacial score (nSPS) is 12.9. The first-order chi connectivity index (χ1) is 9.30. The second kappa shape index (κ2) is 7.37. The summed E-state index contributed by atoms with van der Waals surface area (Å²) in [4.78, 5) is 11.7. The van der Waals surface area contributed by atoms with Crippen molar-refractivity contribution in [1.29, 1.82) is 0 Å². The molecule has 0 saturated heterocycles.